The van der Waals surface area contributed by atoms with Gasteiger partial charge in [-0.25, -0.2) is 0 Å². The van der Waals surface area contributed by atoms with Crippen LogP contribution in [0.15, 0.2) is 60.7 Å². The SMILES string of the molecule is Cc1c(C2=CCC(c3ccccc3)(N(C)C)CC2)n(CC(O)CN(C)C)c2ccccc12. The van der Waals surface area contributed by atoms with Gasteiger partial charge in [-0.1, -0.05) is 54.6 Å². The first-order valence-corrected chi connectivity index (χ1v) is 11.7. The lowest BCUT2D eigenvalue weighted by Crippen LogP contribution is -2.42. The summed E-state index contributed by atoms with van der Waals surface area (Å²) in [5, 5.41) is 12.1. The minimum atomic E-state index is -0.409. The molecule has 1 aromatic heterocycles. The van der Waals surface area contributed by atoms with Crippen molar-refractivity contribution < 1.29 is 5.11 Å². The number of hydrogen-bond donors (Lipinski definition) is 1. The molecule has 3 aromatic rings. The Bertz CT molecular complexity index is 1100. The molecular formula is C28H37N3O. The van der Waals surface area contributed by atoms with Crippen LogP contribution in [0.1, 0.15) is 36.1 Å². The molecule has 0 spiro atoms. The fraction of sp³-hybridized carbons (Fsp3) is 0.429. The third-order valence-corrected chi connectivity index (χ3v) is 7.16. The van der Waals surface area contributed by atoms with Crippen molar-refractivity contribution in [2.75, 3.05) is 34.7 Å². The van der Waals surface area contributed by atoms with Crippen molar-refractivity contribution in [3.63, 3.8) is 0 Å². The van der Waals surface area contributed by atoms with E-state index in [-0.39, 0.29) is 5.54 Å². The number of allylic oxidation sites excluding steroid dienone is 1. The van der Waals surface area contributed by atoms with Gasteiger partial charge in [0.1, 0.15) is 0 Å². The highest BCUT2D eigenvalue weighted by Gasteiger charge is 2.37. The number of benzene rings is 2. The number of aryl methyl sites for hydroxylation is 1. The first-order valence-electron chi connectivity index (χ1n) is 11.7. The summed E-state index contributed by atoms with van der Waals surface area (Å²) < 4.78 is 2.36. The Morgan fingerprint density at radius 2 is 1.69 bits per heavy atom. The lowest BCUT2D eigenvalue weighted by atomic mass is 9.75. The summed E-state index contributed by atoms with van der Waals surface area (Å²) in [6.07, 6.45) is 5.13. The fourth-order valence-electron chi connectivity index (χ4n) is 5.50. The number of hydrogen-bond acceptors (Lipinski definition) is 3. The summed E-state index contributed by atoms with van der Waals surface area (Å²) in [5.41, 5.74) is 6.65. The van der Waals surface area contributed by atoms with Crippen molar-refractivity contribution in [2.24, 2.45) is 0 Å². The summed E-state index contributed by atoms with van der Waals surface area (Å²) in [5.74, 6) is 0. The molecule has 2 atom stereocenters. The Morgan fingerprint density at radius 3 is 2.31 bits per heavy atom. The van der Waals surface area contributed by atoms with Crippen LogP contribution >= 0.6 is 0 Å². The topological polar surface area (TPSA) is 31.6 Å². The molecule has 4 nitrogen and oxygen atoms in total. The lowest BCUT2D eigenvalue weighted by Gasteiger charge is -2.43. The number of nitrogens with zero attached hydrogens (tertiary/aromatic N) is 3. The zero-order valence-corrected chi connectivity index (χ0v) is 20.2. The van der Waals surface area contributed by atoms with Crippen molar-refractivity contribution in [1.82, 2.24) is 14.4 Å². The first-order chi connectivity index (χ1) is 15.3. The van der Waals surface area contributed by atoms with Crippen LogP contribution < -0.4 is 0 Å². The molecule has 170 valence electrons. The predicted octanol–water partition coefficient (Wildman–Crippen LogP) is 4.90. The standard InChI is InChI=1S/C28H37N3O/c1-21-25-13-9-10-14-26(25)31(20-24(32)19-29(2)3)27(21)22-15-17-28(18-16-22,30(4)5)23-11-7-6-8-12-23/h6-15,24,32H,16-20H2,1-5H3. The van der Waals surface area contributed by atoms with Gasteiger partial charge in [-0.2, -0.15) is 0 Å². The summed E-state index contributed by atoms with van der Waals surface area (Å²) in [7, 11) is 8.42. The Morgan fingerprint density at radius 1 is 1.00 bits per heavy atom. The third-order valence-electron chi connectivity index (χ3n) is 7.16. The number of rotatable bonds is 7. The van der Waals surface area contributed by atoms with Gasteiger partial charge in [-0.15, -0.1) is 0 Å². The van der Waals surface area contributed by atoms with E-state index in [1.807, 2.05) is 19.0 Å². The number of aromatic nitrogens is 1. The van der Waals surface area contributed by atoms with Gasteiger partial charge < -0.3 is 14.6 Å². The van der Waals surface area contributed by atoms with E-state index in [0.717, 1.165) is 19.3 Å². The van der Waals surface area contributed by atoms with Crippen molar-refractivity contribution in [3.8, 4) is 0 Å². The van der Waals surface area contributed by atoms with Crippen molar-refractivity contribution in [3.05, 3.63) is 77.5 Å². The molecule has 1 aliphatic carbocycles. The molecular weight excluding hydrogens is 394 g/mol. The van der Waals surface area contributed by atoms with E-state index in [9.17, 15) is 5.11 Å². The number of aliphatic hydroxyl groups excluding tert-OH is 1. The maximum Gasteiger partial charge on any atom is 0.0845 e. The molecule has 0 bridgehead atoms. The largest absolute Gasteiger partial charge is 0.390 e. The first kappa shape index (κ1) is 22.8. The molecule has 1 aliphatic rings. The average molecular weight is 432 g/mol. The monoisotopic (exact) mass is 431 g/mol. The van der Waals surface area contributed by atoms with Crippen LogP contribution in [0.3, 0.4) is 0 Å². The van der Waals surface area contributed by atoms with E-state index in [0.29, 0.717) is 13.1 Å². The molecule has 0 aliphatic heterocycles. The zero-order chi connectivity index (χ0) is 22.9. The smallest absolute Gasteiger partial charge is 0.0845 e. The minimum absolute atomic E-state index is 0.0277. The second kappa shape index (κ2) is 9.22. The highest BCUT2D eigenvalue weighted by Crippen LogP contribution is 2.44. The van der Waals surface area contributed by atoms with E-state index in [1.54, 1.807) is 0 Å². The van der Waals surface area contributed by atoms with Crippen molar-refractivity contribution in [1.29, 1.82) is 0 Å². The van der Waals surface area contributed by atoms with Gasteiger partial charge in [0.05, 0.1) is 12.6 Å². The summed E-state index contributed by atoms with van der Waals surface area (Å²) in [6.45, 7) is 3.50. The molecule has 0 saturated heterocycles. The highest BCUT2D eigenvalue weighted by molar-refractivity contribution is 5.90. The predicted molar refractivity (Wildman–Crippen MR) is 135 cm³/mol. The van der Waals surface area contributed by atoms with E-state index < -0.39 is 6.10 Å². The maximum atomic E-state index is 10.8. The van der Waals surface area contributed by atoms with Crippen LogP contribution in [0.2, 0.25) is 0 Å². The summed E-state index contributed by atoms with van der Waals surface area (Å²) >= 11 is 0. The molecule has 1 N–H and O–H groups in total. The number of likely N-dealkylation sites (N-methyl/N-ethyl adjacent to an activating group) is 1. The third kappa shape index (κ3) is 4.15. The Balaban J connectivity index is 1.75. The van der Waals surface area contributed by atoms with Crippen LogP contribution in [-0.2, 0) is 12.1 Å². The van der Waals surface area contributed by atoms with E-state index in [2.05, 4.69) is 91.2 Å². The molecule has 32 heavy (non-hydrogen) atoms. The lowest BCUT2D eigenvalue weighted by molar-refractivity contribution is 0.120. The van der Waals surface area contributed by atoms with Crippen LogP contribution in [0.5, 0.6) is 0 Å². The van der Waals surface area contributed by atoms with E-state index in [1.165, 1.54) is 33.3 Å². The van der Waals surface area contributed by atoms with Crippen LogP contribution in [-0.4, -0.2) is 60.3 Å². The molecule has 0 fully saturated rings. The molecule has 2 aromatic carbocycles. The molecule has 0 amide bonds. The zero-order valence-electron chi connectivity index (χ0n) is 20.2. The molecule has 1 heterocycles. The average Bonchev–Trinajstić information content (AvgIpc) is 3.05. The van der Waals surface area contributed by atoms with Gasteiger partial charge >= 0.3 is 0 Å². The quantitative estimate of drug-likeness (QED) is 0.578. The van der Waals surface area contributed by atoms with Crippen LogP contribution in [0, 0.1) is 6.92 Å². The molecule has 0 saturated carbocycles. The Kier molecular flexibility index (Phi) is 6.57. The molecule has 0 radical (unpaired) electrons. The van der Waals surface area contributed by atoms with E-state index >= 15 is 0 Å². The fourth-order valence-corrected chi connectivity index (χ4v) is 5.50. The van der Waals surface area contributed by atoms with Crippen molar-refractivity contribution >= 4 is 16.5 Å². The number of para-hydroxylation sites is 1. The van der Waals surface area contributed by atoms with Crippen LogP contribution in [0.4, 0.5) is 0 Å². The summed E-state index contributed by atoms with van der Waals surface area (Å²) in [6, 6.07) is 19.5. The Labute approximate surface area is 192 Å². The normalized spacial score (nSPS) is 20.2. The Hall–Kier alpha value is -2.40. The van der Waals surface area contributed by atoms with Gasteiger partial charge in [-0.05, 0) is 77.1 Å². The second-order valence-electron chi connectivity index (χ2n) is 9.74. The van der Waals surface area contributed by atoms with Gasteiger partial charge in [0.15, 0.2) is 0 Å². The second-order valence-corrected chi connectivity index (χ2v) is 9.74. The minimum Gasteiger partial charge on any atom is -0.390 e. The maximum absolute atomic E-state index is 10.8. The van der Waals surface area contributed by atoms with Gasteiger partial charge in [0.25, 0.3) is 0 Å². The molecule has 4 rings (SSSR count). The van der Waals surface area contributed by atoms with E-state index in [4.69, 9.17) is 0 Å². The van der Waals surface area contributed by atoms with Gasteiger partial charge in [0.2, 0.25) is 0 Å². The van der Waals surface area contributed by atoms with Gasteiger partial charge in [0, 0.05) is 28.7 Å². The van der Waals surface area contributed by atoms with Crippen molar-refractivity contribution in [2.45, 2.75) is 44.4 Å². The van der Waals surface area contributed by atoms with Gasteiger partial charge in [-0.3, -0.25) is 4.90 Å². The molecule has 4 heteroatoms. The van der Waals surface area contributed by atoms with Crippen LogP contribution in [0.25, 0.3) is 16.5 Å². The molecule has 2 unspecified atom stereocenters. The highest BCUT2D eigenvalue weighted by atomic mass is 16.3. The summed E-state index contributed by atoms with van der Waals surface area (Å²) in [4.78, 5) is 4.44. The number of aliphatic hydroxyl groups is 1. The number of fused-ring (bicyclic) bond motifs is 1.